The molecule has 14 heavy (non-hydrogen) atoms. The second-order valence-electron chi connectivity index (χ2n) is 2.67. The van der Waals surface area contributed by atoms with Crippen LogP contribution in [0.1, 0.15) is 6.92 Å². The first-order valence-corrected chi connectivity index (χ1v) is 4.37. The number of rotatable bonds is 4. The second-order valence-corrected chi connectivity index (χ2v) is 2.67. The maximum absolute atomic E-state index is 12.7. The van der Waals surface area contributed by atoms with E-state index in [0.717, 1.165) is 0 Å². The largest absolute Gasteiger partial charge is 0.465 e. The summed E-state index contributed by atoms with van der Waals surface area (Å²) >= 11 is 0. The molecule has 1 rings (SSSR count). The molecule has 1 aromatic rings. The molecule has 0 spiro atoms. The van der Waals surface area contributed by atoms with E-state index in [9.17, 15) is 9.18 Å². The van der Waals surface area contributed by atoms with E-state index in [1.165, 1.54) is 12.1 Å². The summed E-state index contributed by atoms with van der Waals surface area (Å²) in [5, 5.41) is 2.76. The number of esters is 1. The van der Waals surface area contributed by atoms with Gasteiger partial charge in [-0.05, 0) is 25.1 Å². The number of carbonyl (C=O) groups excluding carboxylic acids is 1. The minimum atomic E-state index is -0.350. The molecule has 0 unspecified atom stereocenters. The molecule has 0 saturated heterocycles. The van der Waals surface area contributed by atoms with Gasteiger partial charge in [-0.1, -0.05) is 6.07 Å². The fourth-order valence-electron chi connectivity index (χ4n) is 0.985. The molecule has 0 saturated carbocycles. The Morgan fingerprint density at radius 3 is 3.00 bits per heavy atom. The quantitative estimate of drug-likeness (QED) is 0.748. The van der Waals surface area contributed by atoms with Crippen LogP contribution < -0.4 is 5.32 Å². The lowest BCUT2D eigenvalue weighted by molar-refractivity contribution is -0.140. The van der Waals surface area contributed by atoms with Gasteiger partial charge in [-0.2, -0.15) is 0 Å². The molecule has 0 atom stereocenters. The Kier molecular flexibility index (Phi) is 3.91. The van der Waals surface area contributed by atoms with E-state index in [1.54, 1.807) is 19.1 Å². The molecule has 4 heteroatoms. The van der Waals surface area contributed by atoms with Gasteiger partial charge in [0, 0.05) is 5.69 Å². The Bertz CT molecular complexity index is 315. The van der Waals surface area contributed by atoms with Crippen LogP contribution >= 0.6 is 0 Å². The van der Waals surface area contributed by atoms with Gasteiger partial charge in [-0.3, -0.25) is 4.79 Å². The van der Waals surface area contributed by atoms with E-state index in [2.05, 4.69) is 5.32 Å². The highest BCUT2D eigenvalue weighted by molar-refractivity contribution is 5.74. The lowest BCUT2D eigenvalue weighted by Gasteiger charge is -2.05. The summed E-state index contributed by atoms with van der Waals surface area (Å²) in [5.74, 6) is -0.685. The fourth-order valence-corrected chi connectivity index (χ4v) is 0.985. The first-order chi connectivity index (χ1) is 6.72. The first kappa shape index (κ1) is 10.5. The SMILES string of the molecule is CCOC(=O)CNc1cccc(F)c1. The Hall–Kier alpha value is -1.58. The topological polar surface area (TPSA) is 38.3 Å². The molecule has 0 bridgehead atoms. The zero-order valence-corrected chi connectivity index (χ0v) is 7.92. The van der Waals surface area contributed by atoms with Crippen molar-refractivity contribution in [2.24, 2.45) is 0 Å². The number of ether oxygens (including phenoxy) is 1. The molecule has 0 aromatic heterocycles. The lowest BCUT2D eigenvalue weighted by Crippen LogP contribution is -2.16. The number of carbonyl (C=O) groups is 1. The Morgan fingerprint density at radius 1 is 1.57 bits per heavy atom. The van der Waals surface area contributed by atoms with Crippen molar-refractivity contribution in [3.63, 3.8) is 0 Å². The molecule has 76 valence electrons. The third-order valence-electron chi connectivity index (χ3n) is 1.57. The average molecular weight is 197 g/mol. The number of halogens is 1. The van der Waals surface area contributed by atoms with E-state index < -0.39 is 0 Å². The molecule has 0 fully saturated rings. The summed E-state index contributed by atoms with van der Waals surface area (Å²) in [4.78, 5) is 10.9. The van der Waals surface area contributed by atoms with Gasteiger partial charge in [0.05, 0.1) is 6.61 Å². The van der Waals surface area contributed by atoms with Gasteiger partial charge in [-0.15, -0.1) is 0 Å². The molecule has 1 N–H and O–H groups in total. The van der Waals surface area contributed by atoms with Crippen LogP contribution in [0.3, 0.4) is 0 Å². The number of nitrogens with one attached hydrogen (secondary N) is 1. The molecular formula is C10H12FNO2. The zero-order valence-electron chi connectivity index (χ0n) is 7.92. The smallest absolute Gasteiger partial charge is 0.325 e. The molecule has 0 heterocycles. The van der Waals surface area contributed by atoms with Crippen LogP contribution in [0, 0.1) is 5.82 Å². The molecule has 0 radical (unpaired) electrons. The van der Waals surface area contributed by atoms with Crippen molar-refractivity contribution in [3.8, 4) is 0 Å². The van der Waals surface area contributed by atoms with Crippen molar-refractivity contribution in [3.05, 3.63) is 30.1 Å². The monoisotopic (exact) mass is 197 g/mol. The van der Waals surface area contributed by atoms with Crippen LogP contribution in [0.25, 0.3) is 0 Å². The van der Waals surface area contributed by atoms with Gasteiger partial charge >= 0.3 is 5.97 Å². The normalized spacial score (nSPS) is 9.57. The minimum Gasteiger partial charge on any atom is -0.465 e. The number of benzene rings is 1. The Labute approximate surface area is 81.9 Å². The average Bonchev–Trinajstić information content (AvgIpc) is 2.15. The summed E-state index contributed by atoms with van der Waals surface area (Å²) < 4.78 is 17.4. The summed E-state index contributed by atoms with van der Waals surface area (Å²) in [7, 11) is 0. The third kappa shape index (κ3) is 3.43. The third-order valence-corrected chi connectivity index (χ3v) is 1.57. The molecule has 1 aromatic carbocycles. The minimum absolute atomic E-state index is 0.0529. The van der Waals surface area contributed by atoms with Crippen molar-refractivity contribution in [2.75, 3.05) is 18.5 Å². The molecule has 0 aliphatic heterocycles. The highest BCUT2D eigenvalue weighted by Crippen LogP contribution is 2.08. The van der Waals surface area contributed by atoms with E-state index >= 15 is 0 Å². The standard InChI is InChI=1S/C10H12FNO2/c1-2-14-10(13)7-12-9-5-3-4-8(11)6-9/h3-6,12H,2,7H2,1H3. The van der Waals surface area contributed by atoms with Gasteiger partial charge < -0.3 is 10.1 Å². The van der Waals surface area contributed by atoms with Crippen molar-refractivity contribution >= 4 is 11.7 Å². The number of anilines is 1. The Balaban J connectivity index is 2.41. The number of hydrogen-bond acceptors (Lipinski definition) is 3. The van der Waals surface area contributed by atoms with Gasteiger partial charge in [0.1, 0.15) is 12.4 Å². The van der Waals surface area contributed by atoms with Crippen LogP contribution in [0.2, 0.25) is 0 Å². The van der Waals surface area contributed by atoms with Crippen LogP contribution in [0.15, 0.2) is 24.3 Å². The lowest BCUT2D eigenvalue weighted by atomic mass is 10.3. The summed E-state index contributed by atoms with van der Waals surface area (Å²) in [6.07, 6.45) is 0. The van der Waals surface area contributed by atoms with Crippen molar-refractivity contribution < 1.29 is 13.9 Å². The molecular weight excluding hydrogens is 185 g/mol. The highest BCUT2D eigenvalue weighted by Gasteiger charge is 2.00. The predicted molar refractivity (Wildman–Crippen MR) is 51.5 cm³/mol. The molecule has 0 aliphatic carbocycles. The molecule has 0 aliphatic rings. The zero-order chi connectivity index (χ0) is 10.4. The van der Waals surface area contributed by atoms with Gasteiger partial charge in [-0.25, -0.2) is 4.39 Å². The second kappa shape index (κ2) is 5.21. The maximum Gasteiger partial charge on any atom is 0.325 e. The van der Waals surface area contributed by atoms with Gasteiger partial charge in [0.15, 0.2) is 0 Å². The first-order valence-electron chi connectivity index (χ1n) is 4.37. The molecule has 3 nitrogen and oxygen atoms in total. The molecule has 0 amide bonds. The van der Waals surface area contributed by atoms with Crippen molar-refractivity contribution in [2.45, 2.75) is 6.92 Å². The van der Waals surface area contributed by atoms with Crippen LogP contribution in [-0.4, -0.2) is 19.1 Å². The summed E-state index contributed by atoms with van der Waals surface area (Å²) in [6, 6.07) is 5.92. The van der Waals surface area contributed by atoms with E-state index in [4.69, 9.17) is 4.74 Å². The van der Waals surface area contributed by atoms with E-state index in [1.807, 2.05) is 0 Å². The van der Waals surface area contributed by atoms with Crippen LogP contribution in [0.5, 0.6) is 0 Å². The van der Waals surface area contributed by atoms with E-state index in [0.29, 0.717) is 12.3 Å². The maximum atomic E-state index is 12.7. The summed E-state index contributed by atoms with van der Waals surface area (Å²) in [5.41, 5.74) is 0.568. The van der Waals surface area contributed by atoms with E-state index in [-0.39, 0.29) is 18.3 Å². The van der Waals surface area contributed by atoms with Gasteiger partial charge in [0.2, 0.25) is 0 Å². The number of hydrogen-bond donors (Lipinski definition) is 1. The summed E-state index contributed by atoms with van der Waals surface area (Å²) in [6.45, 7) is 2.14. The van der Waals surface area contributed by atoms with Crippen molar-refractivity contribution in [1.82, 2.24) is 0 Å². The predicted octanol–water partition coefficient (Wildman–Crippen LogP) is 1.80. The Morgan fingerprint density at radius 2 is 2.36 bits per heavy atom. The fraction of sp³-hybridized carbons (Fsp3) is 0.300. The van der Waals surface area contributed by atoms with Crippen LogP contribution in [-0.2, 0) is 9.53 Å². The van der Waals surface area contributed by atoms with Crippen LogP contribution in [0.4, 0.5) is 10.1 Å². The van der Waals surface area contributed by atoms with Gasteiger partial charge in [0.25, 0.3) is 0 Å². The highest BCUT2D eigenvalue weighted by atomic mass is 19.1. The van der Waals surface area contributed by atoms with Crippen molar-refractivity contribution in [1.29, 1.82) is 0 Å².